The van der Waals surface area contributed by atoms with E-state index in [0.717, 1.165) is 56.9 Å². The highest BCUT2D eigenvalue weighted by atomic mass is 16.5. The molecule has 8 heteroatoms. The molecule has 1 saturated heterocycles. The summed E-state index contributed by atoms with van der Waals surface area (Å²) in [6.07, 6.45) is 2.74. The Morgan fingerprint density at radius 1 is 1.18 bits per heavy atom. The van der Waals surface area contributed by atoms with Gasteiger partial charge in [0.05, 0.1) is 30.5 Å². The van der Waals surface area contributed by atoms with E-state index >= 15 is 0 Å². The highest BCUT2D eigenvalue weighted by molar-refractivity contribution is 5.87. The lowest BCUT2D eigenvalue weighted by Gasteiger charge is -2.26. The largest absolute Gasteiger partial charge is 0.379 e. The molecule has 28 heavy (non-hydrogen) atoms. The number of rotatable bonds is 6. The van der Waals surface area contributed by atoms with Crippen LogP contribution in [-0.4, -0.2) is 64.0 Å². The smallest absolute Gasteiger partial charge is 0.236 e. The predicted octanol–water partition coefficient (Wildman–Crippen LogP) is 1.99. The number of aromatic nitrogens is 4. The molecule has 1 N–H and O–H groups in total. The van der Waals surface area contributed by atoms with Crippen LogP contribution in [0.5, 0.6) is 0 Å². The van der Waals surface area contributed by atoms with Crippen molar-refractivity contribution in [2.75, 3.05) is 44.7 Å². The van der Waals surface area contributed by atoms with Gasteiger partial charge < -0.3 is 10.1 Å². The summed E-state index contributed by atoms with van der Waals surface area (Å²) in [4.78, 5) is 11.1. The first-order chi connectivity index (χ1) is 13.8. The lowest BCUT2D eigenvalue weighted by atomic mass is 10.1. The fourth-order valence-corrected chi connectivity index (χ4v) is 3.31. The summed E-state index contributed by atoms with van der Waals surface area (Å²) in [5.41, 5.74) is 2.80. The van der Waals surface area contributed by atoms with Crippen LogP contribution >= 0.6 is 0 Å². The van der Waals surface area contributed by atoms with Gasteiger partial charge in [-0.3, -0.25) is 4.90 Å². The Bertz CT molecular complexity index is 984. The fraction of sp³-hybridized carbons (Fsp3) is 0.400. The molecule has 8 nitrogen and oxygen atoms in total. The van der Waals surface area contributed by atoms with E-state index in [-0.39, 0.29) is 5.82 Å². The zero-order valence-electron chi connectivity index (χ0n) is 15.9. The number of nitriles is 1. The maximum atomic E-state index is 9.36. The van der Waals surface area contributed by atoms with Gasteiger partial charge >= 0.3 is 0 Å². The molecule has 0 saturated carbocycles. The highest BCUT2D eigenvalue weighted by Gasteiger charge is 2.15. The van der Waals surface area contributed by atoms with Gasteiger partial charge in [0.15, 0.2) is 5.65 Å². The summed E-state index contributed by atoms with van der Waals surface area (Å²) in [5, 5.41) is 18.0. The van der Waals surface area contributed by atoms with Gasteiger partial charge in [0, 0.05) is 26.2 Å². The summed E-state index contributed by atoms with van der Waals surface area (Å²) in [6.45, 7) is 7.18. The average Bonchev–Trinajstić information content (AvgIpc) is 3.18. The van der Waals surface area contributed by atoms with Crippen molar-refractivity contribution in [2.45, 2.75) is 13.3 Å². The van der Waals surface area contributed by atoms with Crippen LogP contribution in [0.1, 0.15) is 18.3 Å². The molecule has 0 radical (unpaired) electrons. The monoisotopic (exact) mass is 377 g/mol. The number of nitrogens with zero attached hydrogens (tertiary/aromatic N) is 6. The molecule has 1 aromatic carbocycles. The minimum Gasteiger partial charge on any atom is -0.379 e. The number of anilines is 1. The molecule has 1 fully saturated rings. The van der Waals surface area contributed by atoms with Gasteiger partial charge in [-0.1, -0.05) is 19.1 Å². The van der Waals surface area contributed by atoms with E-state index in [2.05, 4.69) is 50.4 Å². The zero-order valence-corrected chi connectivity index (χ0v) is 15.9. The molecule has 1 aliphatic heterocycles. The molecule has 3 heterocycles. The minimum atomic E-state index is 0.133. The topological polar surface area (TPSA) is 91.9 Å². The standard InChI is InChI=1S/C20H23N7O/c1-2-15-3-5-16(6-4-15)27-20-17(14-23-27)19(24-18(13-21)25-20)22-7-8-26-9-11-28-12-10-26/h3-6,14H,2,7-12H2,1H3,(H,22,24,25). The molecular weight excluding hydrogens is 354 g/mol. The Balaban J connectivity index is 1.59. The van der Waals surface area contributed by atoms with Crippen molar-refractivity contribution in [1.29, 1.82) is 5.26 Å². The first-order valence-corrected chi connectivity index (χ1v) is 9.57. The first kappa shape index (κ1) is 18.3. The number of hydrogen-bond acceptors (Lipinski definition) is 7. The van der Waals surface area contributed by atoms with E-state index in [1.165, 1.54) is 5.56 Å². The number of benzene rings is 1. The molecule has 0 aliphatic carbocycles. The van der Waals surface area contributed by atoms with Crippen molar-refractivity contribution >= 4 is 16.9 Å². The molecule has 0 unspecified atom stereocenters. The Morgan fingerprint density at radius 3 is 2.68 bits per heavy atom. The van der Waals surface area contributed by atoms with Crippen molar-refractivity contribution in [3.05, 3.63) is 41.9 Å². The molecule has 4 rings (SSSR count). The SMILES string of the molecule is CCc1ccc(-n2ncc3c(NCCN4CCOCC4)nc(C#N)nc32)cc1. The Morgan fingerprint density at radius 2 is 1.96 bits per heavy atom. The second kappa shape index (κ2) is 8.33. The van der Waals surface area contributed by atoms with Crippen LogP contribution < -0.4 is 5.32 Å². The van der Waals surface area contributed by atoms with Crippen molar-refractivity contribution in [2.24, 2.45) is 0 Å². The van der Waals surface area contributed by atoms with Crippen LogP contribution in [0.4, 0.5) is 5.82 Å². The van der Waals surface area contributed by atoms with Crippen molar-refractivity contribution in [3.8, 4) is 11.8 Å². The average molecular weight is 377 g/mol. The van der Waals surface area contributed by atoms with Gasteiger partial charge in [-0.25, -0.2) is 9.67 Å². The second-order valence-electron chi connectivity index (χ2n) is 6.70. The Hall–Kier alpha value is -3.02. The molecule has 2 aromatic heterocycles. The van der Waals surface area contributed by atoms with Gasteiger partial charge in [-0.2, -0.15) is 15.3 Å². The number of ether oxygens (including phenoxy) is 1. The highest BCUT2D eigenvalue weighted by Crippen LogP contribution is 2.23. The van der Waals surface area contributed by atoms with Gasteiger partial charge in [-0.15, -0.1) is 0 Å². The lowest BCUT2D eigenvalue weighted by Crippen LogP contribution is -2.39. The Labute approximate surface area is 163 Å². The van der Waals surface area contributed by atoms with Gasteiger partial charge in [0.2, 0.25) is 5.82 Å². The summed E-state index contributed by atoms with van der Waals surface area (Å²) >= 11 is 0. The zero-order chi connectivity index (χ0) is 19.3. The molecular formula is C20H23N7O. The normalized spacial score (nSPS) is 14.9. The first-order valence-electron chi connectivity index (χ1n) is 9.57. The molecule has 3 aromatic rings. The van der Waals surface area contributed by atoms with E-state index in [0.29, 0.717) is 11.5 Å². The number of nitrogens with one attached hydrogen (secondary N) is 1. The summed E-state index contributed by atoms with van der Waals surface area (Å²) in [6, 6.07) is 10.3. The molecule has 0 amide bonds. The van der Waals surface area contributed by atoms with Crippen molar-refractivity contribution in [3.63, 3.8) is 0 Å². The molecule has 1 aliphatic rings. The molecule has 144 valence electrons. The third-order valence-electron chi connectivity index (χ3n) is 4.94. The third kappa shape index (κ3) is 3.81. The van der Waals surface area contributed by atoms with E-state index in [1.54, 1.807) is 10.9 Å². The van der Waals surface area contributed by atoms with E-state index in [1.807, 2.05) is 12.1 Å². The lowest BCUT2D eigenvalue weighted by molar-refractivity contribution is 0.0398. The van der Waals surface area contributed by atoms with E-state index in [4.69, 9.17) is 4.74 Å². The number of fused-ring (bicyclic) bond motifs is 1. The van der Waals surface area contributed by atoms with Gasteiger partial charge in [0.1, 0.15) is 11.9 Å². The van der Waals surface area contributed by atoms with Crippen LogP contribution in [0.2, 0.25) is 0 Å². The number of aryl methyl sites for hydroxylation is 1. The maximum Gasteiger partial charge on any atom is 0.236 e. The van der Waals surface area contributed by atoms with E-state index < -0.39 is 0 Å². The van der Waals surface area contributed by atoms with Crippen molar-refractivity contribution in [1.82, 2.24) is 24.6 Å². The minimum absolute atomic E-state index is 0.133. The number of morpholine rings is 1. The molecule has 0 bridgehead atoms. The fourth-order valence-electron chi connectivity index (χ4n) is 3.31. The van der Waals surface area contributed by atoms with Crippen molar-refractivity contribution < 1.29 is 4.74 Å². The van der Waals surface area contributed by atoms with Gasteiger partial charge in [-0.05, 0) is 24.1 Å². The molecule has 0 spiro atoms. The Kier molecular flexibility index (Phi) is 5.46. The van der Waals surface area contributed by atoms with Crippen LogP contribution in [0.25, 0.3) is 16.7 Å². The second-order valence-corrected chi connectivity index (χ2v) is 6.70. The van der Waals surface area contributed by atoms with E-state index in [9.17, 15) is 5.26 Å². The summed E-state index contributed by atoms with van der Waals surface area (Å²) in [5.74, 6) is 0.777. The third-order valence-corrected chi connectivity index (χ3v) is 4.94. The van der Waals surface area contributed by atoms with Crippen LogP contribution in [0.15, 0.2) is 30.5 Å². The van der Waals surface area contributed by atoms with Crippen LogP contribution in [-0.2, 0) is 11.2 Å². The maximum absolute atomic E-state index is 9.36. The summed E-state index contributed by atoms with van der Waals surface area (Å²) in [7, 11) is 0. The number of hydrogen-bond donors (Lipinski definition) is 1. The quantitative estimate of drug-likeness (QED) is 0.702. The summed E-state index contributed by atoms with van der Waals surface area (Å²) < 4.78 is 7.14. The van der Waals surface area contributed by atoms with Crippen LogP contribution in [0.3, 0.4) is 0 Å². The predicted molar refractivity (Wildman–Crippen MR) is 107 cm³/mol. The molecule has 0 atom stereocenters. The van der Waals surface area contributed by atoms with Crippen LogP contribution in [0, 0.1) is 11.3 Å². The van der Waals surface area contributed by atoms with Gasteiger partial charge in [0.25, 0.3) is 0 Å².